The minimum absolute atomic E-state index is 0.641. The molecule has 1 radical (unpaired) electrons. The highest BCUT2D eigenvalue weighted by molar-refractivity contribution is 6.69. The Kier molecular flexibility index (Phi) is 3.18. The summed E-state index contributed by atoms with van der Waals surface area (Å²) in [6, 6.07) is 0. The smallest absolute Gasteiger partial charge is 0.0811 e. The van der Waals surface area contributed by atoms with E-state index in [4.69, 9.17) is 34.8 Å². The standard InChI is InChI=1S/C5H6Cl3/c1-3-4(2)5(6,7)8/h3H,1H2,2H3. The second-order valence-corrected chi connectivity index (χ2v) is 3.67. The van der Waals surface area contributed by atoms with Gasteiger partial charge in [-0.1, -0.05) is 40.9 Å². The third-order valence-electron chi connectivity index (χ3n) is 0.753. The fourth-order valence-corrected chi connectivity index (χ4v) is 0.347. The van der Waals surface area contributed by atoms with Gasteiger partial charge >= 0.3 is 0 Å². The minimum Gasteiger partial charge on any atom is -0.0811 e. The van der Waals surface area contributed by atoms with Gasteiger partial charge in [0.25, 0.3) is 0 Å². The van der Waals surface area contributed by atoms with E-state index < -0.39 is 3.79 Å². The van der Waals surface area contributed by atoms with Crippen LogP contribution in [0.1, 0.15) is 6.92 Å². The van der Waals surface area contributed by atoms with Crippen molar-refractivity contribution in [3.05, 3.63) is 18.6 Å². The molecule has 0 N–H and O–H groups in total. The first-order valence-electron chi connectivity index (χ1n) is 2.01. The molecule has 0 aromatic heterocycles. The summed E-state index contributed by atoms with van der Waals surface area (Å²) in [5, 5.41) is 0. The van der Waals surface area contributed by atoms with Crippen molar-refractivity contribution < 1.29 is 0 Å². The maximum atomic E-state index is 5.41. The molecule has 0 saturated heterocycles. The second kappa shape index (κ2) is 2.95. The molecule has 0 fully saturated rings. The summed E-state index contributed by atoms with van der Waals surface area (Å²) in [6.45, 7) is 5.15. The maximum absolute atomic E-state index is 5.41. The fourth-order valence-electron chi connectivity index (χ4n) is 0.116. The van der Waals surface area contributed by atoms with Crippen LogP contribution >= 0.6 is 34.8 Å². The first kappa shape index (κ1) is 8.61. The summed E-state index contributed by atoms with van der Waals surface area (Å²) in [7, 11) is 0. The topological polar surface area (TPSA) is 0 Å². The molecule has 0 aliphatic heterocycles. The van der Waals surface area contributed by atoms with E-state index >= 15 is 0 Å². The zero-order valence-electron chi connectivity index (χ0n) is 4.42. The lowest BCUT2D eigenvalue weighted by Crippen LogP contribution is -2.02. The van der Waals surface area contributed by atoms with Crippen molar-refractivity contribution in [2.45, 2.75) is 10.7 Å². The van der Waals surface area contributed by atoms with Gasteiger partial charge in [-0.3, -0.25) is 0 Å². The molecular formula is C5H6Cl3. The second-order valence-electron chi connectivity index (χ2n) is 1.38. The van der Waals surface area contributed by atoms with Crippen LogP contribution in [0.2, 0.25) is 0 Å². The number of rotatable bonds is 0. The molecule has 0 amide bonds. The highest BCUT2D eigenvalue weighted by atomic mass is 35.6. The van der Waals surface area contributed by atoms with E-state index in [9.17, 15) is 0 Å². The average molecular weight is 172 g/mol. The molecule has 0 aromatic rings. The Morgan fingerprint density at radius 1 is 1.50 bits per heavy atom. The molecule has 47 valence electrons. The van der Waals surface area contributed by atoms with Gasteiger partial charge in [-0.15, -0.1) is 0 Å². The van der Waals surface area contributed by atoms with Crippen LogP contribution < -0.4 is 0 Å². The predicted octanol–water partition coefficient (Wildman–Crippen LogP) is 3.14. The van der Waals surface area contributed by atoms with Gasteiger partial charge in [-0.2, -0.15) is 0 Å². The van der Waals surface area contributed by atoms with Crippen LogP contribution in [-0.4, -0.2) is 3.79 Å². The normalized spacial score (nSPS) is 14.4. The van der Waals surface area contributed by atoms with Crippen LogP contribution in [0.15, 0.2) is 11.6 Å². The van der Waals surface area contributed by atoms with Crippen molar-refractivity contribution in [2.24, 2.45) is 0 Å². The quantitative estimate of drug-likeness (QED) is 0.493. The van der Waals surface area contributed by atoms with Gasteiger partial charge in [0.1, 0.15) is 0 Å². The molecule has 0 atom stereocenters. The first-order chi connectivity index (χ1) is 3.48. The van der Waals surface area contributed by atoms with E-state index in [2.05, 4.69) is 6.92 Å². The van der Waals surface area contributed by atoms with Gasteiger partial charge in [0, 0.05) is 0 Å². The highest BCUT2D eigenvalue weighted by Crippen LogP contribution is 2.33. The molecule has 0 bridgehead atoms. The monoisotopic (exact) mass is 171 g/mol. The first-order valence-corrected chi connectivity index (χ1v) is 3.15. The summed E-state index contributed by atoms with van der Waals surface area (Å²) in [4.78, 5) is 0. The van der Waals surface area contributed by atoms with Crippen molar-refractivity contribution in [1.29, 1.82) is 0 Å². The molecule has 3 heteroatoms. The highest BCUT2D eigenvalue weighted by Gasteiger charge is 2.20. The Balaban J connectivity index is 4.03. The fraction of sp³-hybridized carbons (Fsp3) is 0.400. The van der Waals surface area contributed by atoms with E-state index in [0.717, 1.165) is 0 Å². The molecule has 0 aromatic carbocycles. The number of allylic oxidation sites excluding steroid dienone is 2. The molecule has 0 rings (SSSR count). The van der Waals surface area contributed by atoms with E-state index in [1.54, 1.807) is 6.92 Å². The van der Waals surface area contributed by atoms with Crippen LogP contribution in [-0.2, 0) is 0 Å². The lowest BCUT2D eigenvalue weighted by atomic mass is 10.3. The lowest BCUT2D eigenvalue weighted by Gasteiger charge is -2.09. The molecule has 0 aliphatic carbocycles. The van der Waals surface area contributed by atoms with Crippen molar-refractivity contribution >= 4 is 34.8 Å². The van der Waals surface area contributed by atoms with Gasteiger partial charge in [0.15, 0.2) is 0 Å². The van der Waals surface area contributed by atoms with Crippen LogP contribution in [0.4, 0.5) is 0 Å². The van der Waals surface area contributed by atoms with Crippen LogP contribution in [0.3, 0.4) is 0 Å². The zero-order chi connectivity index (χ0) is 6.78. The summed E-state index contributed by atoms with van der Waals surface area (Å²) in [5.74, 6) is 0. The Morgan fingerprint density at radius 3 is 1.88 bits per heavy atom. The van der Waals surface area contributed by atoms with E-state index in [0.29, 0.717) is 5.57 Å². The van der Waals surface area contributed by atoms with Gasteiger partial charge in [0.05, 0.1) is 0 Å². The Bertz CT molecular complexity index is 98.7. The summed E-state index contributed by atoms with van der Waals surface area (Å²) >= 11 is 16.2. The van der Waals surface area contributed by atoms with Gasteiger partial charge in [-0.05, 0) is 19.4 Å². The summed E-state index contributed by atoms with van der Waals surface area (Å²) in [6.07, 6.45) is 1.52. The molecule has 0 unspecified atom stereocenters. The van der Waals surface area contributed by atoms with Crippen molar-refractivity contribution in [1.82, 2.24) is 0 Å². The third-order valence-corrected chi connectivity index (χ3v) is 1.65. The van der Waals surface area contributed by atoms with Crippen molar-refractivity contribution in [2.75, 3.05) is 0 Å². The molecule has 0 nitrogen and oxygen atoms in total. The van der Waals surface area contributed by atoms with Gasteiger partial charge in [0.2, 0.25) is 3.79 Å². The average Bonchev–Trinajstić information content (AvgIpc) is 1.62. The molecule has 0 heterocycles. The lowest BCUT2D eigenvalue weighted by molar-refractivity contribution is 1.24. The van der Waals surface area contributed by atoms with Gasteiger partial charge in [-0.25, -0.2) is 0 Å². The minimum atomic E-state index is -1.28. The largest absolute Gasteiger partial charge is 0.211 e. The van der Waals surface area contributed by atoms with Gasteiger partial charge < -0.3 is 0 Å². The SMILES string of the molecule is [CH2]C=C(C)C(Cl)(Cl)Cl. The van der Waals surface area contributed by atoms with Crippen LogP contribution in [0.5, 0.6) is 0 Å². The molecule has 8 heavy (non-hydrogen) atoms. The Hall–Kier alpha value is 0.610. The number of halogens is 3. The van der Waals surface area contributed by atoms with E-state index in [1.165, 1.54) is 6.08 Å². The molecular weight excluding hydrogens is 166 g/mol. The zero-order valence-corrected chi connectivity index (χ0v) is 6.69. The van der Waals surface area contributed by atoms with Crippen LogP contribution in [0, 0.1) is 6.92 Å². The molecule has 0 saturated carbocycles. The van der Waals surface area contributed by atoms with E-state index in [-0.39, 0.29) is 0 Å². The van der Waals surface area contributed by atoms with Crippen molar-refractivity contribution in [3.63, 3.8) is 0 Å². The third kappa shape index (κ3) is 2.81. The summed E-state index contributed by atoms with van der Waals surface area (Å²) < 4.78 is -1.28. The Labute approximate surface area is 64.4 Å². The Morgan fingerprint density at radius 2 is 1.88 bits per heavy atom. The van der Waals surface area contributed by atoms with Crippen molar-refractivity contribution in [3.8, 4) is 0 Å². The number of hydrogen-bond acceptors (Lipinski definition) is 0. The molecule has 0 spiro atoms. The molecule has 0 aliphatic rings. The maximum Gasteiger partial charge on any atom is 0.211 e. The van der Waals surface area contributed by atoms with Crippen LogP contribution in [0.25, 0.3) is 0 Å². The van der Waals surface area contributed by atoms with E-state index in [1.807, 2.05) is 0 Å². The predicted molar refractivity (Wildman–Crippen MR) is 39.4 cm³/mol. The number of alkyl halides is 3. The summed E-state index contributed by atoms with van der Waals surface area (Å²) in [5.41, 5.74) is 0.641. The number of hydrogen-bond donors (Lipinski definition) is 0.